The molecule has 0 N–H and O–H groups in total. The van der Waals surface area contributed by atoms with E-state index in [-0.39, 0.29) is 23.6 Å². The Morgan fingerprint density at radius 3 is 1.95 bits per heavy atom. The molecule has 0 atom stereocenters. The van der Waals surface area contributed by atoms with E-state index in [1.807, 2.05) is 0 Å². The molecule has 3 aromatic carbocycles. The van der Waals surface area contributed by atoms with Gasteiger partial charge in [-0.3, -0.25) is 9.79 Å². The van der Waals surface area contributed by atoms with Gasteiger partial charge < -0.3 is 23.7 Å². The van der Waals surface area contributed by atoms with E-state index in [1.54, 1.807) is 42.5 Å². The zero-order valence-corrected chi connectivity index (χ0v) is 21.9. The standard InChI is InChI=1S/C28H27ClFNO6/c1-33-24-9-8-19(16-20(24)29)23(32)10-11-31-22-13-17(12-21(30)27(22)36-4)6-7-18-14-25(34-2)28(37-5)26(15-18)35-3/h6-9,11-16H,10H2,1-5H3/b7-6-,31-11?. The molecular formula is C28H27ClFNO6. The lowest BCUT2D eigenvalue weighted by molar-refractivity contribution is 0.100. The lowest BCUT2D eigenvalue weighted by atomic mass is 10.1. The van der Waals surface area contributed by atoms with Crippen molar-refractivity contribution >= 4 is 41.4 Å². The van der Waals surface area contributed by atoms with Crippen LogP contribution in [0, 0.1) is 5.82 Å². The van der Waals surface area contributed by atoms with E-state index < -0.39 is 5.82 Å². The summed E-state index contributed by atoms with van der Waals surface area (Å²) in [5.41, 5.74) is 1.94. The number of methoxy groups -OCH3 is 5. The molecule has 0 heterocycles. The van der Waals surface area contributed by atoms with Crippen LogP contribution in [0.15, 0.2) is 47.5 Å². The van der Waals surface area contributed by atoms with Crippen LogP contribution in [0.1, 0.15) is 27.9 Å². The lowest BCUT2D eigenvalue weighted by Gasteiger charge is -2.13. The molecule has 0 amide bonds. The van der Waals surface area contributed by atoms with Gasteiger partial charge in [0, 0.05) is 18.2 Å². The Morgan fingerprint density at radius 2 is 1.41 bits per heavy atom. The molecule has 0 aliphatic rings. The first-order chi connectivity index (χ1) is 17.8. The molecule has 0 radical (unpaired) electrons. The van der Waals surface area contributed by atoms with Gasteiger partial charge in [-0.1, -0.05) is 23.8 Å². The Bertz CT molecular complexity index is 1310. The summed E-state index contributed by atoms with van der Waals surface area (Å²) in [5, 5.41) is 0.334. The molecule has 7 nitrogen and oxygen atoms in total. The third-order valence-corrected chi connectivity index (χ3v) is 5.68. The van der Waals surface area contributed by atoms with Gasteiger partial charge in [0.25, 0.3) is 0 Å². The number of benzene rings is 3. The van der Waals surface area contributed by atoms with Crippen LogP contribution in [0.4, 0.5) is 10.1 Å². The zero-order valence-electron chi connectivity index (χ0n) is 21.1. The van der Waals surface area contributed by atoms with Gasteiger partial charge in [-0.25, -0.2) is 4.39 Å². The van der Waals surface area contributed by atoms with Crippen LogP contribution < -0.4 is 23.7 Å². The van der Waals surface area contributed by atoms with Crippen molar-refractivity contribution in [2.24, 2.45) is 4.99 Å². The van der Waals surface area contributed by atoms with Crippen LogP contribution >= 0.6 is 11.6 Å². The predicted molar refractivity (Wildman–Crippen MR) is 143 cm³/mol. The number of hydrogen-bond acceptors (Lipinski definition) is 7. The summed E-state index contributed by atoms with van der Waals surface area (Å²) in [6.07, 6.45) is 4.88. The number of carbonyl (C=O) groups excluding carboxylic acids is 1. The molecule has 0 fully saturated rings. The predicted octanol–water partition coefficient (Wildman–Crippen LogP) is 6.67. The molecule has 0 unspecified atom stereocenters. The summed E-state index contributed by atoms with van der Waals surface area (Å²) in [6.45, 7) is 0. The van der Waals surface area contributed by atoms with Gasteiger partial charge in [0.05, 0.1) is 40.6 Å². The minimum Gasteiger partial charge on any atom is -0.495 e. The highest BCUT2D eigenvalue weighted by Crippen LogP contribution is 2.39. The highest BCUT2D eigenvalue weighted by molar-refractivity contribution is 6.32. The second-order valence-corrected chi connectivity index (χ2v) is 8.04. The maximum atomic E-state index is 14.8. The number of Topliss-reactive ketones (excluding diaryl/α,β-unsaturated/α-hetero) is 1. The maximum absolute atomic E-state index is 14.8. The summed E-state index contributed by atoms with van der Waals surface area (Å²) in [7, 11) is 7.44. The average molecular weight is 528 g/mol. The van der Waals surface area contributed by atoms with E-state index in [2.05, 4.69) is 4.99 Å². The topological polar surface area (TPSA) is 75.6 Å². The highest BCUT2D eigenvalue weighted by Gasteiger charge is 2.14. The van der Waals surface area contributed by atoms with Crippen molar-refractivity contribution in [2.45, 2.75) is 6.42 Å². The van der Waals surface area contributed by atoms with Crippen LogP contribution in [-0.2, 0) is 0 Å². The molecule has 0 aliphatic heterocycles. The van der Waals surface area contributed by atoms with Crippen LogP contribution in [0.5, 0.6) is 28.7 Å². The van der Waals surface area contributed by atoms with E-state index in [4.69, 9.17) is 35.3 Å². The molecule has 3 aromatic rings. The molecule has 194 valence electrons. The van der Waals surface area contributed by atoms with Gasteiger partial charge in [0.1, 0.15) is 11.4 Å². The first kappa shape index (κ1) is 27.5. The maximum Gasteiger partial charge on any atom is 0.203 e. The van der Waals surface area contributed by atoms with Crippen molar-refractivity contribution in [3.8, 4) is 28.7 Å². The smallest absolute Gasteiger partial charge is 0.203 e. The normalized spacial score (nSPS) is 11.1. The van der Waals surface area contributed by atoms with Gasteiger partial charge in [0.15, 0.2) is 28.8 Å². The first-order valence-electron chi connectivity index (χ1n) is 11.1. The number of ketones is 1. The molecule has 9 heteroatoms. The van der Waals surface area contributed by atoms with Crippen molar-refractivity contribution in [1.29, 1.82) is 0 Å². The summed E-state index contributed by atoms with van der Waals surface area (Å²) in [5.74, 6) is 1.12. The molecule has 0 saturated heterocycles. The SMILES string of the molecule is COc1ccc(C(=O)CC=Nc2cc(/C=C\c3cc(OC)c(OC)c(OC)c3)cc(F)c2OC)cc1Cl. The molecule has 3 rings (SSSR count). The lowest BCUT2D eigenvalue weighted by Crippen LogP contribution is -2.00. The van der Waals surface area contributed by atoms with Crippen LogP contribution in [0.3, 0.4) is 0 Å². The minimum absolute atomic E-state index is 0.0149. The van der Waals surface area contributed by atoms with Crippen molar-refractivity contribution in [3.63, 3.8) is 0 Å². The van der Waals surface area contributed by atoms with Crippen LogP contribution in [0.2, 0.25) is 5.02 Å². The minimum atomic E-state index is -0.588. The largest absolute Gasteiger partial charge is 0.495 e. The van der Waals surface area contributed by atoms with Gasteiger partial charge in [-0.15, -0.1) is 0 Å². The number of hydrogen-bond donors (Lipinski definition) is 0. The van der Waals surface area contributed by atoms with E-state index >= 15 is 0 Å². The van der Waals surface area contributed by atoms with Gasteiger partial charge in [-0.05, 0) is 53.6 Å². The first-order valence-corrected chi connectivity index (χ1v) is 11.5. The van der Waals surface area contributed by atoms with Crippen molar-refractivity contribution in [2.75, 3.05) is 35.5 Å². The second kappa shape index (κ2) is 12.8. The van der Waals surface area contributed by atoms with Gasteiger partial charge in [-0.2, -0.15) is 0 Å². The average Bonchev–Trinajstić information content (AvgIpc) is 2.90. The number of nitrogens with zero attached hydrogens (tertiary/aromatic N) is 1. The van der Waals surface area contributed by atoms with Crippen molar-refractivity contribution < 1.29 is 32.9 Å². The third kappa shape index (κ3) is 6.59. The van der Waals surface area contributed by atoms with Gasteiger partial charge >= 0.3 is 0 Å². The quantitative estimate of drug-likeness (QED) is 0.157. The van der Waals surface area contributed by atoms with Crippen molar-refractivity contribution in [1.82, 2.24) is 0 Å². The van der Waals surface area contributed by atoms with Crippen LogP contribution in [0.25, 0.3) is 12.2 Å². The Balaban J connectivity index is 1.84. The van der Waals surface area contributed by atoms with E-state index in [9.17, 15) is 9.18 Å². The number of halogens is 2. The van der Waals surface area contributed by atoms with Gasteiger partial charge in [0.2, 0.25) is 5.75 Å². The number of rotatable bonds is 11. The molecule has 0 aliphatic carbocycles. The molecule has 0 spiro atoms. The monoisotopic (exact) mass is 527 g/mol. The fraction of sp³-hybridized carbons (Fsp3) is 0.214. The number of aliphatic imine (C=N–C) groups is 1. The molecule has 0 aromatic heterocycles. The summed E-state index contributed by atoms with van der Waals surface area (Å²) in [6, 6.07) is 11.3. The highest BCUT2D eigenvalue weighted by atomic mass is 35.5. The Morgan fingerprint density at radius 1 is 0.811 bits per heavy atom. The van der Waals surface area contributed by atoms with E-state index in [0.29, 0.717) is 39.1 Å². The molecule has 37 heavy (non-hydrogen) atoms. The van der Waals surface area contributed by atoms with Crippen molar-refractivity contribution in [3.05, 3.63) is 70.0 Å². The fourth-order valence-electron chi connectivity index (χ4n) is 3.57. The molecular weight excluding hydrogens is 501 g/mol. The van der Waals surface area contributed by atoms with E-state index in [0.717, 1.165) is 5.56 Å². The third-order valence-electron chi connectivity index (χ3n) is 5.39. The fourth-order valence-corrected chi connectivity index (χ4v) is 3.83. The Hall–Kier alpha value is -4.04. The number of ether oxygens (including phenoxy) is 5. The Kier molecular flexibility index (Phi) is 9.51. The van der Waals surface area contributed by atoms with Crippen LogP contribution in [-0.4, -0.2) is 47.5 Å². The molecule has 0 bridgehead atoms. The van der Waals surface area contributed by atoms with E-state index in [1.165, 1.54) is 53.9 Å². The summed E-state index contributed by atoms with van der Waals surface area (Å²) in [4.78, 5) is 16.8. The Labute approximate surface area is 220 Å². The number of carbonyl (C=O) groups is 1. The summed E-state index contributed by atoms with van der Waals surface area (Å²) >= 11 is 6.11. The zero-order chi connectivity index (χ0) is 26.9. The second-order valence-electron chi connectivity index (χ2n) is 7.64. The summed E-state index contributed by atoms with van der Waals surface area (Å²) < 4.78 is 41.1. The molecule has 0 saturated carbocycles.